The highest BCUT2D eigenvalue weighted by molar-refractivity contribution is 5.16. The topological polar surface area (TPSA) is 3.24 Å². The van der Waals surface area contributed by atoms with Crippen LogP contribution in [0.3, 0.4) is 0 Å². The van der Waals surface area contributed by atoms with Crippen molar-refractivity contribution in [2.24, 2.45) is 0 Å². The lowest BCUT2D eigenvalue weighted by atomic mass is 10.2. The van der Waals surface area contributed by atoms with Crippen LogP contribution in [0.1, 0.15) is 6.42 Å². The Morgan fingerprint density at radius 1 is 1.57 bits per heavy atom. The van der Waals surface area contributed by atoms with E-state index in [-0.39, 0.29) is 0 Å². The zero-order valence-corrected chi connectivity index (χ0v) is 4.35. The van der Waals surface area contributed by atoms with E-state index in [1.165, 1.54) is 26.1 Å². The first-order valence-corrected chi connectivity index (χ1v) is 2.85. The van der Waals surface area contributed by atoms with Gasteiger partial charge in [0.05, 0.1) is 0 Å². The molecule has 2 heterocycles. The van der Waals surface area contributed by atoms with E-state index < -0.39 is 0 Å². The Hall–Kier alpha value is -0.300. The lowest BCUT2D eigenvalue weighted by Crippen LogP contribution is -2.15. The molecule has 0 N–H and O–H groups in total. The third-order valence-electron chi connectivity index (χ3n) is 1.81. The summed E-state index contributed by atoms with van der Waals surface area (Å²) in [5.74, 6) is 0. The van der Waals surface area contributed by atoms with Crippen molar-refractivity contribution in [3.8, 4) is 0 Å². The average Bonchev–Trinajstić information content (AvgIpc) is 2.22. The normalized spacial score (nSPS) is 36.6. The van der Waals surface area contributed by atoms with Gasteiger partial charge in [-0.1, -0.05) is 11.6 Å². The van der Waals surface area contributed by atoms with Gasteiger partial charge < -0.3 is 0 Å². The van der Waals surface area contributed by atoms with Crippen LogP contribution in [-0.4, -0.2) is 24.5 Å². The van der Waals surface area contributed by atoms with E-state index in [0.717, 1.165) is 0 Å². The molecule has 2 aliphatic heterocycles. The van der Waals surface area contributed by atoms with Gasteiger partial charge in [0.1, 0.15) is 0 Å². The van der Waals surface area contributed by atoms with Crippen molar-refractivity contribution in [1.82, 2.24) is 4.90 Å². The second kappa shape index (κ2) is 1.10. The van der Waals surface area contributed by atoms with Gasteiger partial charge in [-0.15, -0.1) is 0 Å². The van der Waals surface area contributed by atoms with Gasteiger partial charge >= 0.3 is 0 Å². The number of rotatable bonds is 0. The molecule has 2 aliphatic rings. The molecule has 0 spiro atoms. The van der Waals surface area contributed by atoms with Crippen LogP contribution in [-0.2, 0) is 0 Å². The number of hydrogen-bond acceptors (Lipinski definition) is 1. The molecule has 0 aromatic heterocycles. The maximum absolute atomic E-state index is 2.47. The van der Waals surface area contributed by atoms with Gasteiger partial charge in [0.2, 0.25) is 0 Å². The highest BCUT2D eigenvalue weighted by atomic mass is 15.2. The fourth-order valence-corrected chi connectivity index (χ4v) is 1.33. The van der Waals surface area contributed by atoms with Crippen molar-refractivity contribution in [1.29, 1.82) is 0 Å². The van der Waals surface area contributed by atoms with Crippen molar-refractivity contribution in [3.05, 3.63) is 11.6 Å². The molecule has 1 fully saturated rings. The molecular formula is C6H9N. The summed E-state index contributed by atoms with van der Waals surface area (Å²) in [5.41, 5.74) is 1.67. The molecule has 0 aromatic rings. The lowest BCUT2D eigenvalue weighted by molar-refractivity contribution is 0.394. The first-order valence-electron chi connectivity index (χ1n) is 2.85. The van der Waals surface area contributed by atoms with Gasteiger partial charge in [-0.3, -0.25) is 4.90 Å². The quantitative estimate of drug-likeness (QED) is 0.399. The molecule has 38 valence electrons. The zero-order chi connectivity index (χ0) is 4.69. The van der Waals surface area contributed by atoms with E-state index >= 15 is 0 Å². The molecule has 1 nitrogen and oxygen atoms in total. The highest BCUT2D eigenvalue weighted by Gasteiger charge is 2.19. The van der Waals surface area contributed by atoms with Gasteiger partial charge in [0, 0.05) is 19.6 Å². The SMILES string of the molecule is C1=C2CCN(C1)C2. The summed E-state index contributed by atoms with van der Waals surface area (Å²) in [6.45, 7) is 3.83. The van der Waals surface area contributed by atoms with Gasteiger partial charge in [-0.25, -0.2) is 0 Å². The van der Waals surface area contributed by atoms with Gasteiger partial charge in [-0.2, -0.15) is 0 Å². The summed E-state index contributed by atoms with van der Waals surface area (Å²) in [6.07, 6.45) is 3.70. The molecule has 1 unspecified atom stereocenters. The van der Waals surface area contributed by atoms with Crippen LogP contribution in [0.25, 0.3) is 0 Å². The van der Waals surface area contributed by atoms with Gasteiger partial charge in [0.25, 0.3) is 0 Å². The fraction of sp³-hybridized carbons (Fsp3) is 0.667. The molecule has 2 bridgehead atoms. The highest BCUT2D eigenvalue weighted by Crippen LogP contribution is 2.20. The van der Waals surface area contributed by atoms with Crippen molar-refractivity contribution < 1.29 is 0 Å². The summed E-state index contributed by atoms with van der Waals surface area (Å²) in [4.78, 5) is 2.47. The summed E-state index contributed by atoms with van der Waals surface area (Å²) in [7, 11) is 0. The van der Waals surface area contributed by atoms with Crippen molar-refractivity contribution in [2.45, 2.75) is 6.42 Å². The van der Waals surface area contributed by atoms with Crippen molar-refractivity contribution in [2.75, 3.05) is 19.6 Å². The summed E-state index contributed by atoms with van der Waals surface area (Å²) >= 11 is 0. The smallest absolute Gasteiger partial charge is 0.0197 e. The molecule has 1 heteroatoms. The van der Waals surface area contributed by atoms with Crippen LogP contribution in [0.2, 0.25) is 0 Å². The Morgan fingerprint density at radius 2 is 2.57 bits per heavy atom. The number of nitrogens with zero attached hydrogens (tertiary/aromatic N) is 1. The summed E-state index contributed by atoms with van der Waals surface area (Å²) in [5, 5.41) is 0. The van der Waals surface area contributed by atoms with Crippen LogP contribution in [0.15, 0.2) is 11.6 Å². The summed E-state index contributed by atoms with van der Waals surface area (Å²) < 4.78 is 0. The van der Waals surface area contributed by atoms with E-state index in [1.54, 1.807) is 5.57 Å². The second-order valence-corrected chi connectivity index (χ2v) is 2.35. The van der Waals surface area contributed by atoms with Crippen LogP contribution in [0.4, 0.5) is 0 Å². The lowest BCUT2D eigenvalue weighted by Gasteiger charge is -2.06. The Morgan fingerprint density at radius 3 is 2.71 bits per heavy atom. The molecule has 1 atom stereocenters. The molecule has 0 amide bonds. The van der Waals surface area contributed by atoms with E-state index in [1.807, 2.05) is 0 Å². The second-order valence-electron chi connectivity index (χ2n) is 2.35. The minimum atomic E-state index is 1.23. The molecule has 0 saturated carbocycles. The average molecular weight is 95.1 g/mol. The third-order valence-corrected chi connectivity index (χ3v) is 1.81. The Balaban J connectivity index is 2.30. The van der Waals surface area contributed by atoms with Crippen LogP contribution in [0.5, 0.6) is 0 Å². The number of hydrogen-bond donors (Lipinski definition) is 0. The minimum Gasteiger partial charge on any atom is -0.295 e. The Bertz CT molecular complexity index is 115. The largest absolute Gasteiger partial charge is 0.295 e. The Kier molecular flexibility index (Phi) is 0.577. The van der Waals surface area contributed by atoms with Crippen molar-refractivity contribution >= 4 is 0 Å². The summed E-state index contributed by atoms with van der Waals surface area (Å²) in [6, 6.07) is 0. The van der Waals surface area contributed by atoms with Crippen LogP contribution >= 0.6 is 0 Å². The zero-order valence-electron chi connectivity index (χ0n) is 4.35. The predicted molar refractivity (Wildman–Crippen MR) is 29.1 cm³/mol. The number of fused-ring (bicyclic) bond motifs is 2. The van der Waals surface area contributed by atoms with Crippen LogP contribution < -0.4 is 0 Å². The van der Waals surface area contributed by atoms with E-state index in [4.69, 9.17) is 0 Å². The standard InChI is InChI=1S/C6H9N/c1-3-7-4-2-6(1)5-7/h1H,2-5H2. The maximum Gasteiger partial charge on any atom is 0.0197 e. The molecule has 0 aromatic carbocycles. The molecule has 0 radical (unpaired) electrons. The van der Waals surface area contributed by atoms with E-state index in [9.17, 15) is 0 Å². The Labute approximate surface area is 43.6 Å². The van der Waals surface area contributed by atoms with Gasteiger partial charge in [0.15, 0.2) is 0 Å². The first kappa shape index (κ1) is 3.67. The predicted octanol–water partition coefficient (Wildman–Crippen LogP) is 0.632. The molecule has 2 rings (SSSR count). The van der Waals surface area contributed by atoms with Crippen LogP contribution in [0, 0.1) is 0 Å². The first-order chi connectivity index (χ1) is 3.45. The minimum absolute atomic E-state index is 1.23. The molecule has 1 saturated heterocycles. The molecule has 0 aliphatic carbocycles. The van der Waals surface area contributed by atoms with Gasteiger partial charge in [-0.05, 0) is 6.42 Å². The molecule has 7 heavy (non-hydrogen) atoms. The van der Waals surface area contributed by atoms with E-state index in [0.29, 0.717) is 0 Å². The van der Waals surface area contributed by atoms with Crippen molar-refractivity contribution in [3.63, 3.8) is 0 Å². The third kappa shape index (κ3) is 0.416. The fourth-order valence-electron chi connectivity index (χ4n) is 1.33. The maximum atomic E-state index is 2.47. The van der Waals surface area contributed by atoms with E-state index in [2.05, 4.69) is 11.0 Å². The monoisotopic (exact) mass is 95.1 g/mol. The molecular weight excluding hydrogens is 86.1 g/mol.